The summed E-state index contributed by atoms with van der Waals surface area (Å²) in [5.74, 6) is -0.434. The zero-order chi connectivity index (χ0) is 12.7. The van der Waals surface area contributed by atoms with Crippen molar-refractivity contribution in [2.24, 2.45) is 0 Å². The maximum atomic E-state index is 12.0. The number of ether oxygens (including phenoxy) is 1. The lowest BCUT2D eigenvalue weighted by molar-refractivity contribution is -0.169. The Morgan fingerprint density at radius 2 is 1.67 bits per heavy atom. The van der Waals surface area contributed by atoms with Gasteiger partial charge < -0.3 is 10.5 Å². The normalized spacial score (nSPS) is 26.8. The highest BCUT2D eigenvalue weighted by Crippen LogP contribution is 2.29. The van der Waals surface area contributed by atoms with Gasteiger partial charge in [0.25, 0.3) is 11.8 Å². The number of carbonyl (C=O) groups is 2. The van der Waals surface area contributed by atoms with Gasteiger partial charge >= 0.3 is 0 Å². The molecule has 2 N–H and O–H groups in total. The molecule has 1 aromatic carbocycles. The smallest absolute Gasteiger partial charge is 0.258 e. The maximum Gasteiger partial charge on any atom is 0.258 e. The number of fused-ring (bicyclic) bond motifs is 2. The van der Waals surface area contributed by atoms with Crippen molar-refractivity contribution < 1.29 is 14.3 Å². The van der Waals surface area contributed by atoms with E-state index in [1.54, 1.807) is 12.1 Å². The fourth-order valence-electron chi connectivity index (χ4n) is 2.42. The first kappa shape index (κ1) is 11.2. The lowest BCUT2D eigenvalue weighted by Gasteiger charge is -2.29. The zero-order valence-electron chi connectivity index (χ0n) is 9.83. The van der Waals surface area contributed by atoms with Crippen molar-refractivity contribution in [1.29, 1.82) is 0 Å². The summed E-state index contributed by atoms with van der Waals surface area (Å²) in [4.78, 5) is 25.3. The largest absolute Gasteiger partial charge is 0.399 e. The van der Waals surface area contributed by atoms with Crippen LogP contribution in [0, 0.1) is 0 Å². The summed E-state index contributed by atoms with van der Waals surface area (Å²) in [6.07, 6.45) is 0.434. The van der Waals surface area contributed by atoms with Crippen LogP contribution in [0.5, 0.6) is 0 Å². The second kappa shape index (κ2) is 4.10. The standard InChI is InChI=1S/C13H14N2O3/c14-9-3-1-8(2-4-9)7-15-12(16)10-5-6-11(18-10)13(15)17/h1-4,10-11H,5-7,14H2. The van der Waals surface area contributed by atoms with Crippen LogP contribution in [0.4, 0.5) is 5.69 Å². The third kappa shape index (κ3) is 1.76. The number of amides is 2. The SMILES string of the molecule is Nc1ccc(CN2C(=O)C3CCC(O3)C2=O)cc1. The van der Waals surface area contributed by atoms with Crippen molar-refractivity contribution in [3.05, 3.63) is 29.8 Å². The van der Waals surface area contributed by atoms with Crippen LogP contribution in [0.2, 0.25) is 0 Å². The van der Waals surface area contributed by atoms with E-state index in [0.29, 0.717) is 25.1 Å². The first-order valence-electron chi connectivity index (χ1n) is 6.00. The predicted molar refractivity (Wildman–Crippen MR) is 64.3 cm³/mol. The molecule has 0 saturated carbocycles. The molecule has 2 aliphatic rings. The lowest BCUT2D eigenvalue weighted by atomic mass is 10.1. The second-order valence-electron chi connectivity index (χ2n) is 4.69. The highest BCUT2D eigenvalue weighted by Gasteiger charge is 2.46. The number of morpholine rings is 1. The van der Waals surface area contributed by atoms with E-state index < -0.39 is 12.2 Å². The van der Waals surface area contributed by atoms with Crippen LogP contribution < -0.4 is 5.73 Å². The van der Waals surface area contributed by atoms with E-state index >= 15 is 0 Å². The van der Waals surface area contributed by atoms with Crippen LogP contribution >= 0.6 is 0 Å². The molecule has 2 atom stereocenters. The average molecular weight is 246 g/mol. The number of benzene rings is 1. The topological polar surface area (TPSA) is 72.6 Å². The lowest BCUT2D eigenvalue weighted by Crippen LogP contribution is -2.51. The van der Waals surface area contributed by atoms with Crippen molar-refractivity contribution >= 4 is 17.5 Å². The number of hydrogen-bond donors (Lipinski definition) is 1. The van der Waals surface area contributed by atoms with E-state index in [1.807, 2.05) is 12.1 Å². The average Bonchev–Trinajstić information content (AvgIpc) is 2.82. The van der Waals surface area contributed by atoms with Crippen LogP contribution in [0.25, 0.3) is 0 Å². The summed E-state index contributed by atoms with van der Waals surface area (Å²) in [5.41, 5.74) is 7.16. The van der Waals surface area contributed by atoms with Gasteiger partial charge in [-0.25, -0.2) is 0 Å². The number of anilines is 1. The van der Waals surface area contributed by atoms with E-state index in [2.05, 4.69) is 0 Å². The highest BCUT2D eigenvalue weighted by molar-refractivity contribution is 6.02. The van der Waals surface area contributed by atoms with Gasteiger partial charge in [-0.2, -0.15) is 0 Å². The molecule has 2 fully saturated rings. The Hall–Kier alpha value is -1.88. The molecular weight excluding hydrogens is 232 g/mol. The Balaban J connectivity index is 1.81. The number of carbonyl (C=O) groups excluding carboxylic acids is 2. The molecule has 3 rings (SSSR count). The Labute approximate surface area is 105 Å². The van der Waals surface area contributed by atoms with Crippen LogP contribution in [-0.4, -0.2) is 28.9 Å². The fourth-order valence-corrected chi connectivity index (χ4v) is 2.42. The van der Waals surface area contributed by atoms with Gasteiger partial charge in [0.1, 0.15) is 12.2 Å². The number of hydrogen-bond acceptors (Lipinski definition) is 4. The van der Waals surface area contributed by atoms with E-state index in [4.69, 9.17) is 10.5 Å². The highest BCUT2D eigenvalue weighted by atomic mass is 16.5. The molecular formula is C13H14N2O3. The number of nitrogens with zero attached hydrogens (tertiary/aromatic N) is 1. The molecule has 18 heavy (non-hydrogen) atoms. The summed E-state index contributed by atoms with van der Waals surface area (Å²) >= 11 is 0. The van der Waals surface area contributed by atoms with Crippen molar-refractivity contribution in [2.45, 2.75) is 31.6 Å². The molecule has 2 aliphatic heterocycles. The predicted octanol–water partition coefficient (Wildman–Crippen LogP) is 0.685. The molecule has 0 aliphatic carbocycles. The molecule has 0 spiro atoms. The zero-order valence-corrected chi connectivity index (χ0v) is 9.83. The summed E-state index contributed by atoms with van der Waals surface area (Å²) in [7, 11) is 0. The van der Waals surface area contributed by atoms with Gasteiger partial charge in [0, 0.05) is 5.69 Å². The van der Waals surface area contributed by atoms with Gasteiger partial charge in [-0.1, -0.05) is 12.1 Å². The van der Waals surface area contributed by atoms with E-state index in [1.165, 1.54) is 4.90 Å². The minimum Gasteiger partial charge on any atom is -0.399 e. The summed E-state index contributed by atoms with van der Waals surface area (Å²) in [5, 5.41) is 0. The molecule has 2 saturated heterocycles. The van der Waals surface area contributed by atoms with Gasteiger partial charge in [-0.3, -0.25) is 14.5 Å². The van der Waals surface area contributed by atoms with Crippen molar-refractivity contribution in [3.63, 3.8) is 0 Å². The molecule has 94 valence electrons. The molecule has 5 heteroatoms. The Morgan fingerprint density at radius 3 is 2.22 bits per heavy atom. The maximum absolute atomic E-state index is 12.0. The van der Waals surface area contributed by atoms with Crippen LogP contribution in [0.3, 0.4) is 0 Å². The van der Waals surface area contributed by atoms with E-state index in [-0.39, 0.29) is 11.8 Å². The van der Waals surface area contributed by atoms with Crippen molar-refractivity contribution in [2.75, 3.05) is 5.73 Å². The molecule has 0 radical (unpaired) electrons. The first-order chi connectivity index (χ1) is 8.65. The summed E-state index contributed by atoms with van der Waals surface area (Å²) in [6.45, 7) is 0.300. The minimum atomic E-state index is -0.429. The minimum absolute atomic E-state index is 0.217. The monoisotopic (exact) mass is 246 g/mol. The third-order valence-corrected chi connectivity index (χ3v) is 3.42. The third-order valence-electron chi connectivity index (χ3n) is 3.42. The molecule has 5 nitrogen and oxygen atoms in total. The summed E-state index contributed by atoms with van der Waals surface area (Å²) < 4.78 is 5.35. The molecule has 2 bridgehead atoms. The number of nitrogens with two attached hydrogens (primary N) is 1. The quantitative estimate of drug-likeness (QED) is 0.615. The van der Waals surface area contributed by atoms with Crippen molar-refractivity contribution in [3.8, 4) is 0 Å². The van der Waals surface area contributed by atoms with Gasteiger partial charge in [-0.15, -0.1) is 0 Å². The Morgan fingerprint density at radius 1 is 1.11 bits per heavy atom. The Bertz CT molecular complexity index is 475. The fraction of sp³-hybridized carbons (Fsp3) is 0.385. The summed E-state index contributed by atoms with van der Waals surface area (Å²) in [6, 6.07) is 7.18. The van der Waals surface area contributed by atoms with Crippen LogP contribution in [0.1, 0.15) is 18.4 Å². The molecule has 2 heterocycles. The van der Waals surface area contributed by atoms with E-state index in [0.717, 1.165) is 5.56 Å². The van der Waals surface area contributed by atoms with Crippen molar-refractivity contribution in [1.82, 2.24) is 4.90 Å². The number of likely N-dealkylation sites (tertiary alicyclic amines) is 1. The van der Waals surface area contributed by atoms with Gasteiger partial charge in [0.15, 0.2) is 0 Å². The second-order valence-corrected chi connectivity index (χ2v) is 4.69. The van der Waals surface area contributed by atoms with Gasteiger partial charge in [-0.05, 0) is 30.5 Å². The number of rotatable bonds is 2. The van der Waals surface area contributed by atoms with Gasteiger partial charge in [0.2, 0.25) is 0 Å². The molecule has 2 unspecified atom stereocenters. The molecule has 0 aromatic heterocycles. The first-order valence-corrected chi connectivity index (χ1v) is 6.00. The molecule has 1 aromatic rings. The van der Waals surface area contributed by atoms with Crippen LogP contribution in [0.15, 0.2) is 24.3 Å². The molecule has 2 amide bonds. The number of imide groups is 1. The van der Waals surface area contributed by atoms with E-state index in [9.17, 15) is 9.59 Å². The Kier molecular flexibility index (Phi) is 2.56. The van der Waals surface area contributed by atoms with Crippen LogP contribution in [-0.2, 0) is 20.9 Å². The number of nitrogen functional groups attached to an aromatic ring is 1. The van der Waals surface area contributed by atoms with Gasteiger partial charge in [0.05, 0.1) is 6.54 Å².